The van der Waals surface area contributed by atoms with Crippen molar-refractivity contribution in [2.75, 3.05) is 19.5 Å². The molecule has 4 aromatic rings. The van der Waals surface area contributed by atoms with Gasteiger partial charge in [0.15, 0.2) is 16.7 Å². The lowest BCUT2D eigenvalue weighted by molar-refractivity contribution is 0.342. The first-order valence-corrected chi connectivity index (χ1v) is 9.51. The van der Waals surface area contributed by atoms with Crippen LogP contribution in [-0.4, -0.2) is 34.2 Å². The van der Waals surface area contributed by atoms with Gasteiger partial charge in [0.25, 0.3) is 0 Å². The van der Waals surface area contributed by atoms with Gasteiger partial charge < -0.3 is 18.5 Å². The van der Waals surface area contributed by atoms with E-state index in [1.807, 2.05) is 66.2 Å². The number of aromatic nitrogens is 3. The highest BCUT2D eigenvalue weighted by Gasteiger charge is 2.15. The Labute approximate surface area is 161 Å². The molecular formula is C20H19N3O3S. The van der Waals surface area contributed by atoms with E-state index >= 15 is 0 Å². The van der Waals surface area contributed by atoms with Crippen molar-refractivity contribution in [2.45, 2.75) is 5.16 Å². The number of ether oxygens (including phenoxy) is 2. The summed E-state index contributed by atoms with van der Waals surface area (Å²) >= 11 is 1.59. The van der Waals surface area contributed by atoms with Gasteiger partial charge in [-0.1, -0.05) is 30.0 Å². The van der Waals surface area contributed by atoms with Gasteiger partial charge in [-0.05, 0) is 36.4 Å². The molecule has 0 amide bonds. The molecule has 0 saturated heterocycles. The molecule has 0 aliphatic heterocycles. The summed E-state index contributed by atoms with van der Waals surface area (Å²) in [4.78, 5) is 0. The summed E-state index contributed by atoms with van der Waals surface area (Å²) in [6, 6.07) is 17.4. The fraction of sp³-hybridized carbons (Fsp3) is 0.200. The quantitative estimate of drug-likeness (QED) is 0.349. The van der Waals surface area contributed by atoms with E-state index in [1.165, 1.54) is 0 Å². The Balaban J connectivity index is 1.37. The van der Waals surface area contributed by atoms with Crippen LogP contribution in [0.5, 0.6) is 11.5 Å². The first-order chi connectivity index (χ1) is 13.2. The summed E-state index contributed by atoms with van der Waals surface area (Å²) in [6.45, 7) is 0.573. The summed E-state index contributed by atoms with van der Waals surface area (Å²) < 4.78 is 18.7. The Morgan fingerprint density at radius 2 is 1.81 bits per heavy atom. The minimum atomic E-state index is 0.573. The molecule has 0 unspecified atom stereocenters. The molecule has 0 bridgehead atoms. The highest BCUT2D eigenvalue weighted by Crippen LogP contribution is 2.28. The van der Waals surface area contributed by atoms with Crippen molar-refractivity contribution in [3.8, 4) is 23.1 Å². The molecule has 0 aliphatic carbocycles. The number of hydrogen-bond donors (Lipinski definition) is 0. The van der Waals surface area contributed by atoms with E-state index in [0.717, 1.165) is 33.4 Å². The number of hydrogen-bond acceptors (Lipinski definition) is 6. The highest BCUT2D eigenvalue weighted by molar-refractivity contribution is 7.99. The molecular weight excluding hydrogens is 362 g/mol. The zero-order chi connectivity index (χ0) is 18.6. The van der Waals surface area contributed by atoms with Crippen LogP contribution in [0, 0.1) is 0 Å². The number of thioether (sulfide) groups is 1. The van der Waals surface area contributed by atoms with Gasteiger partial charge >= 0.3 is 0 Å². The molecule has 0 atom stereocenters. The van der Waals surface area contributed by atoms with Crippen molar-refractivity contribution in [3.05, 3.63) is 54.6 Å². The molecule has 7 heteroatoms. The third-order valence-electron chi connectivity index (χ3n) is 4.12. The zero-order valence-corrected chi connectivity index (χ0v) is 15.9. The summed E-state index contributed by atoms with van der Waals surface area (Å²) in [5.74, 6) is 3.82. The van der Waals surface area contributed by atoms with Crippen LogP contribution in [0.3, 0.4) is 0 Å². The van der Waals surface area contributed by atoms with Crippen LogP contribution in [-0.2, 0) is 7.05 Å². The van der Waals surface area contributed by atoms with Crippen molar-refractivity contribution < 1.29 is 13.9 Å². The van der Waals surface area contributed by atoms with Gasteiger partial charge in [0.2, 0.25) is 0 Å². The average molecular weight is 381 g/mol. The molecule has 0 radical (unpaired) electrons. The molecule has 0 fully saturated rings. The number of benzene rings is 2. The lowest BCUT2D eigenvalue weighted by Crippen LogP contribution is -2.02. The highest BCUT2D eigenvalue weighted by atomic mass is 32.2. The van der Waals surface area contributed by atoms with Gasteiger partial charge in [0.1, 0.15) is 17.1 Å². The fourth-order valence-electron chi connectivity index (χ4n) is 2.71. The first kappa shape index (κ1) is 17.5. The number of para-hydroxylation sites is 1. The van der Waals surface area contributed by atoms with Gasteiger partial charge in [-0.3, -0.25) is 0 Å². The van der Waals surface area contributed by atoms with E-state index in [2.05, 4.69) is 10.2 Å². The number of rotatable bonds is 7. The van der Waals surface area contributed by atoms with E-state index in [1.54, 1.807) is 18.9 Å². The largest absolute Gasteiger partial charge is 0.497 e. The number of nitrogens with zero attached hydrogens (tertiary/aromatic N) is 3. The van der Waals surface area contributed by atoms with Crippen molar-refractivity contribution in [1.29, 1.82) is 0 Å². The van der Waals surface area contributed by atoms with Gasteiger partial charge in [0, 0.05) is 18.2 Å². The van der Waals surface area contributed by atoms with Gasteiger partial charge in [-0.15, -0.1) is 10.2 Å². The molecule has 2 aromatic carbocycles. The van der Waals surface area contributed by atoms with Crippen LogP contribution in [0.1, 0.15) is 0 Å². The van der Waals surface area contributed by atoms with Crippen molar-refractivity contribution in [3.63, 3.8) is 0 Å². The Bertz CT molecular complexity index is 1010. The Morgan fingerprint density at radius 3 is 2.59 bits per heavy atom. The predicted octanol–water partition coefficient (Wildman–Crippen LogP) is 4.41. The zero-order valence-electron chi connectivity index (χ0n) is 15.1. The molecule has 4 rings (SSSR count). The summed E-state index contributed by atoms with van der Waals surface area (Å²) in [5.41, 5.74) is 0.845. The molecule has 27 heavy (non-hydrogen) atoms. The van der Waals surface area contributed by atoms with E-state index in [4.69, 9.17) is 13.9 Å². The molecule has 0 N–H and O–H groups in total. The first-order valence-electron chi connectivity index (χ1n) is 8.52. The SMILES string of the molecule is COc1ccc(OCCSc2nnc(-c3cc4ccccc4o3)n2C)cc1. The Kier molecular flexibility index (Phi) is 5.02. The number of methoxy groups -OCH3 is 1. The van der Waals surface area contributed by atoms with Crippen molar-refractivity contribution in [2.24, 2.45) is 7.05 Å². The molecule has 0 spiro atoms. The van der Waals surface area contributed by atoms with Crippen LogP contribution in [0.2, 0.25) is 0 Å². The average Bonchev–Trinajstić information content (AvgIpc) is 3.29. The number of furan rings is 1. The van der Waals surface area contributed by atoms with Gasteiger partial charge in [-0.2, -0.15) is 0 Å². The lowest BCUT2D eigenvalue weighted by Gasteiger charge is -2.07. The van der Waals surface area contributed by atoms with E-state index in [9.17, 15) is 0 Å². The van der Waals surface area contributed by atoms with Crippen LogP contribution >= 0.6 is 11.8 Å². The van der Waals surface area contributed by atoms with Crippen molar-refractivity contribution in [1.82, 2.24) is 14.8 Å². The molecule has 2 heterocycles. The number of fused-ring (bicyclic) bond motifs is 1. The minimum Gasteiger partial charge on any atom is -0.497 e. The van der Waals surface area contributed by atoms with Crippen LogP contribution in [0.4, 0.5) is 0 Å². The van der Waals surface area contributed by atoms with Crippen LogP contribution in [0.15, 0.2) is 64.2 Å². The maximum absolute atomic E-state index is 5.88. The minimum absolute atomic E-state index is 0.573. The third kappa shape index (κ3) is 3.78. The summed E-state index contributed by atoms with van der Waals surface area (Å²) in [7, 11) is 3.59. The van der Waals surface area contributed by atoms with Gasteiger partial charge in [-0.25, -0.2) is 0 Å². The van der Waals surface area contributed by atoms with Crippen molar-refractivity contribution >= 4 is 22.7 Å². The fourth-order valence-corrected chi connectivity index (χ4v) is 3.44. The monoisotopic (exact) mass is 381 g/mol. The topological polar surface area (TPSA) is 62.3 Å². The van der Waals surface area contributed by atoms with E-state index in [-0.39, 0.29) is 0 Å². The van der Waals surface area contributed by atoms with Crippen LogP contribution in [0.25, 0.3) is 22.6 Å². The van der Waals surface area contributed by atoms with E-state index in [0.29, 0.717) is 18.2 Å². The molecule has 0 saturated carbocycles. The summed E-state index contributed by atoms with van der Waals surface area (Å²) in [5, 5.41) is 10.4. The summed E-state index contributed by atoms with van der Waals surface area (Å²) in [6.07, 6.45) is 0. The lowest BCUT2D eigenvalue weighted by atomic mass is 10.2. The van der Waals surface area contributed by atoms with Gasteiger partial charge in [0.05, 0.1) is 13.7 Å². The normalized spacial score (nSPS) is 11.0. The van der Waals surface area contributed by atoms with Crippen LogP contribution < -0.4 is 9.47 Å². The molecule has 0 aliphatic rings. The standard InChI is InChI=1S/C20H19N3O3S/c1-23-19(18-13-14-5-3-4-6-17(14)26-18)21-22-20(23)27-12-11-25-16-9-7-15(24-2)8-10-16/h3-10,13H,11-12H2,1-2H3. The third-order valence-corrected chi connectivity index (χ3v) is 5.11. The maximum atomic E-state index is 5.88. The Hall–Kier alpha value is -2.93. The maximum Gasteiger partial charge on any atom is 0.200 e. The molecule has 6 nitrogen and oxygen atoms in total. The smallest absolute Gasteiger partial charge is 0.200 e. The molecule has 138 valence electrons. The van der Waals surface area contributed by atoms with E-state index < -0.39 is 0 Å². The Morgan fingerprint density at radius 1 is 1.04 bits per heavy atom. The second kappa shape index (κ2) is 7.75. The second-order valence-corrected chi connectivity index (χ2v) is 6.95. The predicted molar refractivity (Wildman–Crippen MR) is 105 cm³/mol. The second-order valence-electron chi connectivity index (χ2n) is 5.89. The molecule has 2 aromatic heterocycles.